The van der Waals surface area contributed by atoms with Crippen molar-refractivity contribution >= 4 is 39.6 Å². The molecule has 2 aliphatic rings. The molecule has 0 spiro atoms. The molecule has 0 radical (unpaired) electrons. The summed E-state index contributed by atoms with van der Waals surface area (Å²) in [5.74, 6) is 2.58. The van der Waals surface area contributed by atoms with E-state index >= 15 is 0 Å². The Kier molecular flexibility index (Phi) is 5.37. The highest BCUT2D eigenvalue weighted by atomic mass is 16.5. The maximum atomic E-state index is 6.84. The van der Waals surface area contributed by atoms with Gasteiger partial charge >= 0.3 is 6.92 Å². The number of para-hydroxylation sites is 2. The van der Waals surface area contributed by atoms with Gasteiger partial charge in [-0.3, -0.25) is 0 Å². The van der Waals surface area contributed by atoms with Crippen LogP contribution in [0.1, 0.15) is 0 Å². The van der Waals surface area contributed by atoms with E-state index in [0.717, 1.165) is 56.1 Å². The van der Waals surface area contributed by atoms with Crippen LogP contribution < -0.4 is 20.3 Å². The highest BCUT2D eigenvalue weighted by Gasteiger charge is 2.40. The summed E-state index contributed by atoms with van der Waals surface area (Å²) in [6.45, 7) is -0.259. The molecule has 0 N–H and O–H groups in total. The third kappa shape index (κ3) is 3.74. The zero-order chi connectivity index (χ0) is 30.2. The molecule has 0 saturated heterocycles. The number of aromatic nitrogens is 1. The van der Waals surface area contributed by atoms with Crippen LogP contribution in [0.15, 0.2) is 158 Å². The molecule has 3 heterocycles. The normalized spacial score (nSPS) is 12.7. The van der Waals surface area contributed by atoms with E-state index in [1.54, 1.807) is 0 Å². The predicted octanol–water partition coefficient (Wildman–Crippen LogP) is 9.39. The lowest BCUT2D eigenvalue weighted by molar-refractivity contribution is 0.479. The molecular formula is C42H26BNO2. The molecule has 2 aliphatic heterocycles. The number of rotatable bonds is 3. The maximum absolute atomic E-state index is 6.84. The fourth-order valence-electron chi connectivity index (χ4n) is 7.37. The molecule has 7 aromatic carbocycles. The van der Waals surface area contributed by atoms with E-state index in [0.29, 0.717) is 0 Å². The van der Waals surface area contributed by atoms with E-state index in [-0.39, 0.29) is 6.92 Å². The Hall–Kier alpha value is -6.00. The zero-order valence-electron chi connectivity index (χ0n) is 24.9. The average Bonchev–Trinajstić information content (AvgIpc) is 3.46. The first-order chi connectivity index (χ1) is 22.8. The van der Waals surface area contributed by atoms with Gasteiger partial charge in [-0.1, -0.05) is 109 Å². The summed E-state index contributed by atoms with van der Waals surface area (Å²) in [4.78, 5) is 0. The number of ether oxygens (including phenoxy) is 1. The minimum absolute atomic E-state index is 0.259. The van der Waals surface area contributed by atoms with Crippen LogP contribution in [-0.2, 0) is 0 Å². The van der Waals surface area contributed by atoms with E-state index in [9.17, 15) is 0 Å². The number of benzene rings is 7. The van der Waals surface area contributed by atoms with Crippen molar-refractivity contribution in [2.24, 2.45) is 0 Å². The number of hydrogen-bond acceptors (Lipinski definition) is 2. The monoisotopic (exact) mass is 587 g/mol. The molecule has 214 valence electrons. The van der Waals surface area contributed by atoms with Gasteiger partial charge in [0.15, 0.2) is 0 Å². The van der Waals surface area contributed by atoms with Gasteiger partial charge in [0.05, 0.1) is 11.0 Å². The smallest absolute Gasteiger partial charge is 0.434 e. The molecule has 0 amide bonds. The minimum atomic E-state index is -0.259. The topological polar surface area (TPSA) is 23.4 Å². The van der Waals surface area contributed by atoms with Crippen molar-refractivity contribution < 1.29 is 9.39 Å². The number of nitrogens with zero attached hydrogens (tertiary/aromatic N) is 1. The summed E-state index contributed by atoms with van der Waals surface area (Å²) in [6, 6.07) is 55.9. The van der Waals surface area contributed by atoms with Gasteiger partial charge in [0.25, 0.3) is 0 Å². The first kappa shape index (κ1) is 25.3. The second-order valence-electron chi connectivity index (χ2n) is 12.1. The van der Waals surface area contributed by atoms with Gasteiger partial charge in [-0.05, 0) is 76.3 Å². The molecule has 0 aliphatic carbocycles. The highest BCUT2D eigenvalue weighted by molar-refractivity contribution is 6.84. The van der Waals surface area contributed by atoms with Crippen molar-refractivity contribution in [2.75, 3.05) is 0 Å². The Morgan fingerprint density at radius 2 is 1.09 bits per heavy atom. The van der Waals surface area contributed by atoms with Crippen molar-refractivity contribution in [3.63, 3.8) is 0 Å². The number of hydrogen-bond donors (Lipinski definition) is 0. The molecule has 0 atom stereocenters. The van der Waals surface area contributed by atoms with E-state index < -0.39 is 0 Å². The molecule has 1 aromatic heterocycles. The predicted molar refractivity (Wildman–Crippen MR) is 189 cm³/mol. The lowest BCUT2D eigenvalue weighted by Crippen LogP contribution is -2.53. The first-order valence-electron chi connectivity index (χ1n) is 15.7. The molecular weight excluding hydrogens is 561 g/mol. The van der Waals surface area contributed by atoms with Crippen LogP contribution in [0.3, 0.4) is 0 Å². The zero-order valence-corrected chi connectivity index (χ0v) is 24.9. The lowest BCUT2D eigenvalue weighted by atomic mass is 9.50. The maximum Gasteiger partial charge on any atom is 0.434 e. The van der Waals surface area contributed by atoms with Crippen LogP contribution in [-0.4, -0.2) is 11.5 Å². The molecule has 0 bridgehead atoms. The van der Waals surface area contributed by atoms with Gasteiger partial charge in [0.1, 0.15) is 17.2 Å². The molecule has 0 unspecified atom stereocenters. The Morgan fingerprint density at radius 1 is 0.435 bits per heavy atom. The summed E-state index contributed by atoms with van der Waals surface area (Å²) in [5, 5.41) is 2.52. The van der Waals surface area contributed by atoms with Gasteiger partial charge in [-0.2, -0.15) is 0 Å². The summed E-state index contributed by atoms with van der Waals surface area (Å²) in [6.07, 6.45) is 0. The van der Waals surface area contributed by atoms with Gasteiger partial charge in [-0.25, -0.2) is 0 Å². The Balaban J connectivity index is 1.08. The SMILES string of the molecule is c1ccc(-c2ccc3c(c2)-c2cccc4c2B(O3)c2cc(-c3cccc(-n5c6ccccc6c6ccccc65)c3)ccc2O4)cc1. The molecule has 10 rings (SSSR count). The van der Waals surface area contributed by atoms with Crippen molar-refractivity contribution in [3.05, 3.63) is 158 Å². The summed E-state index contributed by atoms with van der Waals surface area (Å²) >= 11 is 0. The van der Waals surface area contributed by atoms with Crippen LogP contribution in [0.4, 0.5) is 0 Å². The van der Waals surface area contributed by atoms with Crippen molar-refractivity contribution in [1.82, 2.24) is 4.57 Å². The highest BCUT2D eigenvalue weighted by Crippen LogP contribution is 2.41. The van der Waals surface area contributed by atoms with Gasteiger partial charge in [0.2, 0.25) is 0 Å². The van der Waals surface area contributed by atoms with Crippen molar-refractivity contribution in [1.29, 1.82) is 0 Å². The molecule has 0 fully saturated rings. The van der Waals surface area contributed by atoms with Crippen LogP contribution in [0.5, 0.6) is 17.2 Å². The van der Waals surface area contributed by atoms with Crippen LogP contribution >= 0.6 is 0 Å². The summed E-state index contributed by atoms with van der Waals surface area (Å²) in [5.41, 5.74) is 12.5. The Morgan fingerprint density at radius 3 is 1.89 bits per heavy atom. The van der Waals surface area contributed by atoms with Crippen molar-refractivity contribution in [2.45, 2.75) is 0 Å². The fourth-order valence-corrected chi connectivity index (χ4v) is 7.37. The average molecular weight is 587 g/mol. The second kappa shape index (κ2) is 9.75. The standard InChI is InChI=1S/C42H26BNO2/c1-2-10-27(11-3-1)29-20-22-39-35(25-29)34-16-9-19-41-42(34)43(46-39)36-26-30(21-23-40(36)45-41)28-12-8-13-31(24-28)44-37-17-6-4-14-32(37)33-15-5-7-18-38(33)44/h1-26H. The Bertz CT molecular complexity index is 2440. The minimum Gasteiger partial charge on any atom is -0.551 e. The fraction of sp³-hybridized carbons (Fsp3) is 0. The molecule has 46 heavy (non-hydrogen) atoms. The molecule has 3 nitrogen and oxygen atoms in total. The van der Waals surface area contributed by atoms with Gasteiger partial charge < -0.3 is 14.0 Å². The quantitative estimate of drug-likeness (QED) is 0.192. The van der Waals surface area contributed by atoms with Gasteiger partial charge in [0, 0.05) is 32.9 Å². The second-order valence-corrected chi connectivity index (χ2v) is 12.1. The third-order valence-electron chi connectivity index (χ3n) is 9.48. The van der Waals surface area contributed by atoms with E-state index in [2.05, 4.69) is 150 Å². The van der Waals surface area contributed by atoms with E-state index in [1.807, 2.05) is 12.1 Å². The molecule has 4 heteroatoms. The van der Waals surface area contributed by atoms with Gasteiger partial charge in [-0.15, -0.1) is 0 Å². The van der Waals surface area contributed by atoms with E-state index in [1.165, 1.54) is 32.9 Å². The first-order valence-corrected chi connectivity index (χ1v) is 15.7. The summed E-state index contributed by atoms with van der Waals surface area (Å²) in [7, 11) is 0. The third-order valence-corrected chi connectivity index (χ3v) is 9.48. The van der Waals surface area contributed by atoms with Crippen LogP contribution in [0.2, 0.25) is 0 Å². The summed E-state index contributed by atoms with van der Waals surface area (Å²) < 4.78 is 15.7. The van der Waals surface area contributed by atoms with Crippen molar-refractivity contribution in [3.8, 4) is 56.3 Å². The molecule has 8 aromatic rings. The largest absolute Gasteiger partial charge is 0.551 e. The van der Waals surface area contributed by atoms with Crippen LogP contribution in [0, 0.1) is 0 Å². The lowest BCUT2D eigenvalue weighted by Gasteiger charge is -2.33. The molecule has 0 saturated carbocycles. The van der Waals surface area contributed by atoms with Crippen LogP contribution in [0.25, 0.3) is 60.9 Å². The Labute approximate surface area is 267 Å². The van der Waals surface area contributed by atoms with E-state index in [4.69, 9.17) is 9.39 Å². The number of fused-ring (bicyclic) bond motifs is 7.